The lowest BCUT2D eigenvalue weighted by atomic mass is 10.1. The van der Waals surface area contributed by atoms with Crippen molar-refractivity contribution in [1.29, 1.82) is 0 Å². The van der Waals surface area contributed by atoms with Crippen LogP contribution in [0, 0.1) is 0 Å². The topological polar surface area (TPSA) is 99.5 Å². The summed E-state index contributed by atoms with van der Waals surface area (Å²) in [5.41, 5.74) is 0.160. The van der Waals surface area contributed by atoms with E-state index in [1.54, 1.807) is 62.4 Å². The standard InChI is InChI=1S/C21H21N3O5/c1-13(2)24-20(26)15-9-5-4-8-14(15)19(23-24)21(27)29-12-18(25)22-16-10-6-7-11-17(16)28-3/h4-11,13H,12H2,1-3H3,(H,22,25). The Morgan fingerprint density at radius 1 is 1.07 bits per heavy atom. The van der Waals surface area contributed by atoms with Gasteiger partial charge in [0, 0.05) is 5.39 Å². The molecule has 0 bridgehead atoms. The van der Waals surface area contributed by atoms with Gasteiger partial charge in [-0.05, 0) is 32.0 Å². The molecule has 3 rings (SSSR count). The van der Waals surface area contributed by atoms with Gasteiger partial charge < -0.3 is 14.8 Å². The predicted molar refractivity (Wildman–Crippen MR) is 108 cm³/mol. The lowest BCUT2D eigenvalue weighted by Gasteiger charge is -2.13. The summed E-state index contributed by atoms with van der Waals surface area (Å²) < 4.78 is 11.5. The summed E-state index contributed by atoms with van der Waals surface area (Å²) in [6.07, 6.45) is 0. The summed E-state index contributed by atoms with van der Waals surface area (Å²) in [5, 5.41) is 7.54. The lowest BCUT2D eigenvalue weighted by molar-refractivity contribution is -0.119. The molecule has 0 spiro atoms. The van der Waals surface area contributed by atoms with E-state index in [0.717, 1.165) is 0 Å². The molecule has 1 N–H and O–H groups in total. The minimum Gasteiger partial charge on any atom is -0.495 e. The highest BCUT2D eigenvalue weighted by Gasteiger charge is 2.20. The Morgan fingerprint density at radius 2 is 1.72 bits per heavy atom. The fraction of sp³-hybridized carbons (Fsp3) is 0.238. The third kappa shape index (κ3) is 4.26. The van der Waals surface area contributed by atoms with E-state index in [0.29, 0.717) is 22.2 Å². The van der Waals surface area contributed by atoms with Gasteiger partial charge in [0.05, 0.1) is 24.2 Å². The Kier molecular flexibility index (Phi) is 5.92. The number of ether oxygens (including phenoxy) is 2. The molecule has 8 nitrogen and oxygen atoms in total. The number of methoxy groups -OCH3 is 1. The Hall–Kier alpha value is -3.68. The number of nitrogens with one attached hydrogen (secondary N) is 1. The molecule has 0 aliphatic heterocycles. The number of amides is 1. The maximum absolute atomic E-state index is 12.6. The number of esters is 1. The number of hydrogen-bond donors (Lipinski definition) is 1. The lowest BCUT2D eigenvalue weighted by Crippen LogP contribution is -2.28. The Balaban J connectivity index is 1.80. The van der Waals surface area contributed by atoms with Crippen molar-refractivity contribution in [2.75, 3.05) is 19.0 Å². The summed E-state index contributed by atoms with van der Waals surface area (Å²) >= 11 is 0. The number of para-hydroxylation sites is 2. The third-order valence-corrected chi connectivity index (χ3v) is 4.23. The van der Waals surface area contributed by atoms with Gasteiger partial charge in [0.15, 0.2) is 12.3 Å². The minimum atomic E-state index is -0.786. The second kappa shape index (κ2) is 8.55. The molecule has 1 amide bonds. The monoisotopic (exact) mass is 395 g/mol. The molecule has 150 valence electrons. The van der Waals surface area contributed by atoms with Gasteiger partial charge >= 0.3 is 5.97 Å². The third-order valence-electron chi connectivity index (χ3n) is 4.23. The summed E-state index contributed by atoms with van der Waals surface area (Å²) in [6.45, 7) is 3.08. The molecule has 0 saturated carbocycles. The molecule has 1 aromatic heterocycles. The van der Waals surface area contributed by atoms with Gasteiger partial charge in [0.25, 0.3) is 11.5 Å². The molecule has 0 aliphatic rings. The first-order valence-electron chi connectivity index (χ1n) is 9.04. The fourth-order valence-electron chi connectivity index (χ4n) is 2.84. The molecule has 8 heteroatoms. The molecule has 0 radical (unpaired) electrons. The van der Waals surface area contributed by atoms with E-state index >= 15 is 0 Å². The first-order valence-corrected chi connectivity index (χ1v) is 9.04. The van der Waals surface area contributed by atoms with Crippen molar-refractivity contribution in [2.45, 2.75) is 19.9 Å². The van der Waals surface area contributed by atoms with Gasteiger partial charge in [-0.3, -0.25) is 9.59 Å². The Morgan fingerprint density at radius 3 is 2.41 bits per heavy atom. The van der Waals surface area contributed by atoms with E-state index in [-0.39, 0.29) is 17.3 Å². The molecule has 0 saturated heterocycles. The van der Waals surface area contributed by atoms with Gasteiger partial charge in [-0.25, -0.2) is 9.48 Å². The number of carbonyl (C=O) groups excluding carboxylic acids is 2. The molecular weight excluding hydrogens is 374 g/mol. The van der Waals surface area contributed by atoms with Crippen molar-refractivity contribution in [3.05, 3.63) is 64.6 Å². The van der Waals surface area contributed by atoms with E-state index < -0.39 is 18.5 Å². The van der Waals surface area contributed by atoms with Crippen LogP contribution >= 0.6 is 0 Å². The first kappa shape index (κ1) is 20.1. The summed E-state index contributed by atoms with van der Waals surface area (Å²) in [7, 11) is 1.49. The quantitative estimate of drug-likeness (QED) is 0.645. The average molecular weight is 395 g/mol. The van der Waals surface area contributed by atoms with Crippen LogP contribution < -0.4 is 15.6 Å². The number of nitrogens with zero attached hydrogens (tertiary/aromatic N) is 2. The van der Waals surface area contributed by atoms with E-state index in [4.69, 9.17) is 9.47 Å². The average Bonchev–Trinajstić information content (AvgIpc) is 2.72. The molecule has 0 fully saturated rings. The van der Waals surface area contributed by atoms with Crippen LogP contribution in [-0.2, 0) is 9.53 Å². The van der Waals surface area contributed by atoms with E-state index in [9.17, 15) is 14.4 Å². The number of hydrogen-bond acceptors (Lipinski definition) is 6. The van der Waals surface area contributed by atoms with Crippen LogP contribution in [0.2, 0.25) is 0 Å². The van der Waals surface area contributed by atoms with Crippen LogP contribution in [-0.4, -0.2) is 35.4 Å². The molecular formula is C21H21N3O5. The van der Waals surface area contributed by atoms with Crippen molar-refractivity contribution in [3.63, 3.8) is 0 Å². The van der Waals surface area contributed by atoms with E-state index in [1.165, 1.54) is 11.8 Å². The minimum absolute atomic E-state index is 0.0148. The number of aromatic nitrogens is 2. The number of anilines is 1. The molecule has 1 heterocycles. The maximum Gasteiger partial charge on any atom is 0.359 e. The zero-order valence-electron chi connectivity index (χ0n) is 16.3. The van der Waals surface area contributed by atoms with Crippen LogP contribution in [0.1, 0.15) is 30.4 Å². The van der Waals surface area contributed by atoms with Crippen LogP contribution in [0.5, 0.6) is 5.75 Å². The Bertz CT molecular complexity index is 1120. The van der Waals surface area contributed by atoms with Crippen LogP contribution in [0.25, 0.3) is 10.8 Å². The summed E-state index contributed by atoms with van der Waals surface area (Å²) in [5.74, 6) is -0.820. The number of benzene rings is 2. The number of fused-ring (bicyclic) bond motifs is 1. The van der Waals surface area contributed by atoms with Crippen LogP contribution in [0.15, 0.2) is 53.3 Å². The van der Waals surface area contributed by atoms with E-state index in [2.05, 4.69) is 10.4 Å². The molecule has 0 atom stereocenters. The smallest absolute Gasteiger partial charge is 0.359 e. The molecule has 2 aromatic carbocycles. The van der Waals surface area contributed by atoms with E-state index in [1.807, 2.05) is 0 Å². The summed E-state index contributed by atoms with van der Waals surface area (Å²) in [6, 6.07) is 13.3. The molecule has 3 aromatic rings. The fourth-order valence-corrected chi connectivity index (χ4v) is 2.84. The molecule has 0 unspecified atom stereocenters. The van der Waals surface area contributed by atoms with Gasteiger partial charge in [-0.15, -0.1) is 0 Å². The van der Waals surface area contributed by atoms with Gasteiger partial charge in [-0.1, -0.05) is 30.3 Å². The highest BCUT2D eigenvalue weighted by molar-refractivity contribution is 6.03. The number of rotatable bonds is 6. The molecule has 0 aliphatic carbocycles. The number of carbonyl (C=O) groups is 2. The van der Waals surface area contributed by atoms with Gasteiger partial charge in [0.2, 0.25) is 0 Å². The van der Waals surface area contributed by atoms with Crippen molar-refractivity contribution in [2.24, 2.45) is 0 Å². The SMILES string of the molecule is COc1ccccc1NC(=O)COC(=O)c1nn(C(C)C)c(=O)c2ccccc12. The van der Waals surface area contributed by atoms with Crippen LogP contribution in [0.4, 0.5) is 5.69 Å². The highest BCUT2D eigenvalue weighted by atomic mass is 16.5. The van der Waals surface area contributed by atoms with Crippen molar-refractivity contribution >= 4 is 28.3 Å². The van der Waals surface area contributed by atoms with Gasteiger partial charge in [-0.2, -0.15) is 5.10 Å². The Labute approximate surface area is 167 Å². The van der Waals surface area contributed by atoms with Crippen LogP contribution in [0.3, 0.4) is 0 Å². The maximum atomic E-state index is 12.6. The summed E-state index contributed by atoms with van der Waals surface area (Å²) in [4.78, 5) is 37.4. The van der Waals surface area contributed by atoms with Crippen molar-refractivity contribution in [1.82, 2.24) is 9.78 Å². The largest absolute Gasteiger partial charge is 0.495 e. The zero-order chi connectivity index (χ0) is 21.0. The normalized spacial score (nSPS) is 10.8. The van der Waals surface area contributed by atoms with Gasteiger partial charge in [0.1, 0.15) is 5.75 Å². The van der Waals surface area contributed by atoms with Crippen molar-refractivity contribution in [3.8, 4) is 5.75 Å². The van der Waals surface area contributed by atoms with Crippen molar-refractivity contribution < 1.29 is 19.1 Å². The highest BCUT2D eigenvalue weighted by Crippen LogP contribution is 2.23. The first-order chi connectivity index (χ1) is 13.9. The second-order valence-electron chi connectivity index (χ2n) is 6.56. The zero-order valence-corrected chi connectivity index (χ0v) is 16.3. The second-order valence-corrected chi connectivity index (χ2v) is 6.56. The molecule has 29 heavy (non-hydrogen) atoms. The predicted octanol–water partition coefficient (Wildman–Crippen LogP) is 2.78.